The SMILES string of the molecule is N#CB1CCN(c2ccc(C3CCC(=O)NC3=O)cc2)CC1. The Morgan fingerprint density at radius 1 is 1.18 bits per heavy atom. The van der Waals surface area contributed by atoms with Gasteiger partial charge < -0.3 is 4.90 Å². The minimum atomic E-state index is -0.226. The third-order valence-corrected chi connectivity index (χ3v) is 4.58. The minimum absolute atomic E-state index is 0.180. The lowest BCUT2D eigenvalue weighted by Crippen LogP contribution is -2.39. The minimum Gasteiger partial charge on any atom is -0.373 e. The maximum absolute atomic E-state index is 11.9. The molecule has 3 rings (SSSR count). The van der Waals surface area contributed by atoms with Gasteiger partial charge in [0.15, 0.2) is 0 Å². The van der Waals surface area contributed by atoms with E-state index in [1.807, 2.05) is 24.3 Å². The highest BCUT2D eigenvalue weighted by molar-refractivity contribution is 6.67. The number of benzene rings is 1. The van der Waals surface area contributed by atoms with Crippen LogP contribution in [0.5, 0.6) is 0 Å². The van der Waals surface area contributed by atoms with Gasteiger partial charge in [0.05, 0.1) is 5.92 Å². The smallest absolute Gasteiger partial charge is 0.271 e. The van der Waals surface area contributed by atoms with Crippen molar-refractivity contribution in [3.05, 3.63) is 29.8 Å². The summed E-state index contributed by atoms with van der Waals surface area (Å²) in [5, 5.41) is 11.3. The predicted octanol–water partition coefficient (Wildman–Crippen LogP) is 1.58. The fourth-order valence-corrected chi connectivity index (χ4v) is 3.20. The van der Waals surface area contributed by atoms with Crippen LogP contribution in [0.25, 0.3) is 0 Å². The lowest BCUT2D eigenvalue weighted by Gasteiger charge is -2.30. The Kier molecular flexibility index (Phi) is 4.14. The van der Waals surface area contributed by atoms with Crippen LogP contribution in [0.15, 0.2) is 24.3 Å². The van der Waals surface area contributed by atoms with Crippen molar-refractivity contribution in [2.75, 3.05) is 18.0 Å². The molecule has 2 heterocycles. The summed E-state index contributed by atoms with van der Waals surface area (Å²) in [5.74, 6) is 1.73. The summed E-state index contributed by atoms with van der Waals surface area (Å²) in [7, 11) is 0. The number of hydrogen-bond donors (Lipinski definition) is 1. The van der Waals surface area contributed by atoms with E-state index >= 15 is 0 Å². The summed E-state index contributed by atoms with van der Waals surface area (Å²) < 4.78 is 0. The molecule has 0 bridgehead atoms. The molecule has 1 N–H and O–H groups in total. The van der Waals surface area contributed by atoms with Crippen molar-refractivity contribution in [3.63, 3.8) is 0 Å². The van der Waals surface area contributed by atoms with Crippen molar-refractivity contribution in [1.29, 1.82) is 5.26 Å². The van der Waals surface area contributed by atoms with Crippen molar-refractivity contribution < 1.29 is 9.59 Å². The third-order valence-electron chi connectivity index (χ3n) is 4.58. The largest absolute Gasteiger partial charge is 0.373 e. The Hall–Kier alpha value is -2.29. The van der Waals surface area contributed by atoms with E-state index in [0.717, 1.165) is 37.0 Å². The summed E-state index contributed by atoms with van der Waals surface area (Å²) in [5.41, 5.74) is 2.09. The molecule has 1 unspecified atom stereocenters. The van der Waals surface area contributed by atoms with Crippen LogP contribution in [0, 0.1) is 11.2 Å². The summed E-state index contributed by atoms with van der Waals surface area (Å²) >= 11 is 0. The van der Waals surface area contributed by atoms with E-state index in [2.05, 4.69) is 16.2 Å². The molecule has 0 aliphatic carbocycles. The number of imide groups is 1. The first-order valence-corrected chi connectivity index (χ1v) is 7.75. The van der Waals surface area contributed by atoms with Gasteiger partial charge in [-0.1, -0.05) is 12.1 Å². The van der Waals surface area contributed by atoms with E-state index in [1.165, 1.54) is 0 Å². The fourth-order valence-electron chi connectivity index (χ4n) is 3.20. The molecule has 2 aliphatic heterocycles. The predicted molar refractivity (Wildman–Crippen MR) is 84.8 cm³/mol. The van der Waals surface area contributed by atoms with Crippen LogP contribution in [0.1, 0.15) is 24.3 Å². The summed E-state index contributed by atoms with van der Waals surface area (Å²) in [6.07, 6.45) is 2.80. The molecule has 2 amide bonds. The lowest BCUT2D eigenvalue weighted by atomic mass is 9.45. The lowest BCUT2D eigenvalue weighted by molar-refractivity contribution is -0.134. The van der Waals surface area contributed by atoms with E-state index in [0.29, 0.717) is 12.8 Å². The number of nitrogens with zero attached hydrogens (tertiary/aromatic N) is 2. The maximum atomic E-state index is 11.9. The van der Waals surface area contributed by atoms with Crippen molar-refractivity contribution in [3.8, 4) is 5.97 Å². The van der Waals surface area contributed by atoms with E-state index < -0.39 is 0 Å². The molecule has 5 nitrogen and oxygen atoms in total. The number of hydrogen-bond acceptors (Lipinski definition) is 4. The van der Waals surface area contributed by atoms with Gasteiger partial charge in [-0.2, -0.15) is 0 Å². The van der Waals surface area contributed by atoms with Crippen LogP contribution in [0.2, 0.25) is 12.6 Å². The Morgan fingerprint density at radius 2 is 1.86 bits per heavy atom. The van der Waals surface area contributed by atoms with Gasteiger partial charge in [0.1, 0.15) is 0 Å². The zero-order valence-electron chi connectivity index (χ0n) is 12.4. The number of nitrogens with one attached hydrogen (secondary N) is 1. The molecule has 1 aromatic rings. The molecular formula is C16H18BN3O2. The molecule has 2 saturated heterocycles. The Balaban J connectivity index is 1.67. The van der Waals surface area contributed by atoms with E-state index in [4.69, 9.17) is 5.26 Å². The van der Waals surface area contributed by atoms with Crippen molar-refractivity contribution in [1.82, 2.24) is 5.32 Å². The number of piperidine rings is 1. The number of rotatable bonds is 2. The number of anilines is 1. The first kappa shape index (κ1) is 14.6. The molecule has 112 valence electrons. The van der Waals surface area contributed by atoms with E-state index in [1.54, 1.807) is 0 Å². The zero-order chi connectivity index (χ0) is 15.5. The third kappa shape index (κ3) is 2.99. The zero-order valence-corrected chi connectivity index (χ0v) is 12.4. The summed E-state index contributed by atoms with van der Waals surface area (Å²) in [6, 6.07) is 8.02. The highest BCUT2D eigenvalue weighted by atomic mass is 16.2. The van der Waals surface area contributed by atoms with Gasteiger partial charge in [-0.25, -0.2) is 5.26 Å². The molecule has 22 heavy (non-hydrogen) atoms. The molecule has 0 aromatic heterocycles. The van der Waals surface area contributed by atoms with Crippen molar-refractivity contribution >= 4 is 24.2 Å². The number of carbonyl (C=O) groups is 2. The monoisotopic (exact) mass is 295 g/mol. The molecule has 2 fully saturated rings. The Labute approximate surface area is 130 Å². The topological polar surface area (TPSA) is 73.2 Å². The molecule has 1 aromatic carbocycles. The summed E-state index contributed by atoms with van der Waals surface area (Å²) in [6.45, 7) is 1.98. The highest BCUT2D eigenvalue weighted by Gasteiger charge is 2.28. The molecule has 2 aliphatic rings. The molecule has 0 radical (unpaired) electrons. The maximum Gasteiger partial charge on any atom is 0.271 e. The van der Waals surface area contributed by atoms with Crippen LogP contribution < -0.4 is 10.2 Å². The standard InChI is InChI=1S/C16H18BN3O2/c18-11-17-7-9-20(10-8-17)13-3-1-12(2-4-13)14-5-6-15(21)19-16(14)22/h1-4,14H,5-10H2,(H,19,21,22). The van der Waals surface area contributed by atoms with Gasteiger partial charge in [0, 0.05) is 31.2 Å². The van der Waals surface area contributed by atoms with E-state index in [-0.39, 0.29) is 24.4 Å². The molecule has 6 heteroatoms. The van der Waals surface area contributed by atoms with Gasteiger partial charge in [-0.3, -0.25) is 14.9 Å². The van der Waals surface area contributed by atoms with Crippen LogP contribution >= 0.6 is 0 Å². The number of carbonyl (C=O) groups excluding carboxylic acids is 2. The molecular weight excluding hydrogens is 277 g/mol. The van der Waals surface area contributed by atoms with Gasteiger partial charge in [0.25, 0.3) is 6.71 Å². The Bertz CT molecular complexity index is 615. The van der Waals surface area contributed by atoms with Gasteiger partial charge in [0.2, 0.25) is 11.8 Å². The van der Waals surface area contributed by atoms with Crippen molar-refractivity contribution in [2.45, 2.75) is 31.4 Å². The average molecular weight is 295 g/mol. The average Bonchev–Trinajstić information content (AvgIpc) is 2.55. The van der Waals surface area contributed by atoms with Crippen molar-refractivity contribution in [2.24, 2.45) is 0 Å². The molecule has 0 spiro atoms. The highest BCUT2D eigenvalue weighted by Crippen LogP contribution is 2.27. The fraction of sp³-hybridized carbons (Fsp3) is 0.438. The van der Waals surface area contributed by atoms with Crippen LogP contribution in [0.4, 0.5) is 5.69 Å². The normalized spacial score (nSPS) is 22.2. The quantitative estimate of drug-likeness (QED) is 0.664. The number of amides is 2. The summed E-state index contributed by atoms with van der Waals surface area (Å²) in [4.78, 5) is 25.4. The van der Waals surface area contributed by atoms with Crippen LogP contribution in [-0.2, 0) is 9.59 Å². The second-order valence-corrected chi connectivity index (χ2v) is 5.99. The second-order valence-electron chi connectivity index (χ2n) is 5.99. The van der Waals surface area contributed by atoms with Gasteiger partial charge >= 0.3 is 0 Å². The van der Waals surface area contributed by atoms with Gasteiger partial charge in [-0.05, 0) is 36.8 Å². The number of nitriles is 1. The van der Waals surface area contributed by atoms with Crippen LogP contribution in [0.3, 0.4) is 0 Å². The Morgan fingerprint density at radius 3 is 2.45 bits per heavy atom. The molecule has 0 saturated carbocycles. The second kappa shape index (κ2) is 6.23. The van der Waals surface area contributed by atoms with Gasteiger partial charge in [-0.15, -0.1) is 0 Å². The van der Waals surface area contributed by atoms with Crippen LogP contribution in [-0.4, -0.2) is 31.6 Å². The van der Waals surface area contributed by atoms with E-state index in [9.17, 15) is 9.59 Å². The molecule has 1 atom stereocenters. The first-order chi connectivity index (χ1) is 10.7. The first-order valence-electron chi connectivity index (χ1n) is 7.75.